The Bertz CT molecular complexity index is 283. The Labute approximate surface area is 65.2 Å². The van der Waals surface area contributed by atoms with Gasteiger partial charge in [0.1, 0.15) is 5.82 Å². The summed E-state index contributed by atoms with van der Waals surface area (Å²) in [4.78, 5) is 13.1. The summed E-state index contributed by atoms with van der Waals surface area (Å²) in [6, 6.07) is 1.22. The number of pyridine rings is 1. The summed E-state index contributed by atoms with van der Waals surface area (Å²) in [5.41, 5.74) is -0.237. The Morgan fingerprint density at radius 2 is 2.40 bits per heavy atom. The summed E-state index contributed by atoms with van der Waals surface area (Å²) in [5, 5.41) is 0.245. The molecule has 0 spiro atoms. The molecule has 0 aliphatic heterocycles. The third kappa shape index (κ3) is 1.26. The molecular weight excluding hydrogens is 201 g/mol. The zero-order valence-corrected chi connectivity index (χ0v) is 6.61. The van der Waals surface area contributed by atoms with E-state index in [-0.39, 0.29) is 16.5 Å². The second-order valence-electron chi connectivity index (χ2n) is 1.77. The molecule has 0 saturated carbocycles. The van der Waals surface area contributed by atoms with Crippen LogP contribution in [0.15, 0.2) is 17.1 Å². The molecule has 1 N–H and O–H groups in total. The highest BCUT2D eigenvalue weighted by atomic mass is 79.9. The molecule has 0 aliphatic rings. The Morgan fingerprint density at radius 3 is 2.80 bits per heavy atom. The van der Waals surface area contributed by atoms with Crippen molar-refractivity contribution in [2.45, 2.75) is 5.33 Å². The van der Waals surface area contributed by atoms with Crippen LogP contribution in [-0.2, 0) is 5.33 Å². The lowest BCUT2D eigenvalue weighted by molar-refractivity contribution is 0.612. The molecule has 0 bridgehead atoms. The number of nitrogens with one attached hydrogen (secondary N) is 1. The van der Waals surface area contributed by atoms with Gasteiger partial charge in [-0.2, -0.15) is 0 Å². The maximum absolute atomic E-state index is 12.6. The van der Waals surface area contributed by atoms with E-state index in [1.54, 1.807) is 0 Å². The van der Waals surface area contributed by atoms with Crippen molar-refractivity contribution >= 4 is 15.9 Å². The highest BCUT2D eigenvalue weighted by Crippen LogP contribution is 2.03. The lowest BCUT2D eigenvalue weighted by Gasteiger charge is -1.93. The molecule has 0 aliphatic carbocycles. The Morgan fingerprint density at radius 1 is 1.70 bits per heavy atom. The van der Waals surface area contributed by atoms with Crippen molar-refractivity contribution in [3.63, 3.8) is 0 Å². The van der Waals surface area contributed by atoms with Gasteiger partial charge in [-0.15, -0.1) is 0 Å². The van der Waals surface area contributed by atoms with Crippen LogP contribution < -0.4 is 5.56 Å². The number of halogens is 2. The number of aromatic amines is 1. The third-order valence-electron chi connectivity index (χ3n) is 1.14. The average Bonchev–Trinajstić information content (AvgIpc) is 1.88. The SMILES string of the molecule is O=c1[nH]ccc(F)c1CBr. The molecule has 54 valence electrons. The zero-order valence-electron chi connectivity index (χ0n) is 5.03. The van der Waals surface area contributed by atoms with Crippen LogP contribution in [0.4, 0.5) is 4.39 Å². The number of rotatable bonds is 1. The van der Waals surface area contributed by atoms with Crippen molar-refractivity contribution in [2.24, 2.45) is 0 Å². The number of alkyl halides is 1. The van der Waals surface area contributed by atoms with Gasteiger partial charge in [0.05, 0.1) is 5.56 Å². The molecule has 0 radical (unpaired) electrons. The minimum Gasteiger partial charge on any atom is -0.329 e. The lowest BCUT2D eigenvalue weighted by Crippen LogP contribution is -2.11. The first-order valence-electron chi connectivity index (χ1n) is 2.67. The topological polar surface area (TPSA) is 32.9 Å². The summed E-state index contributed by atoms with van der Waals surface area (Å²) >= 11 is 3.00. The second kappa shape index (κ2) is 2.96. The Kier molecular flexibility index (Phi) is 2.21. The first-order chi connectivity index (χ1) is 4.75. The molecule has 1 aromatic heterocycles. The maximum Gasteiger partial charge on any atom is 0.254 e. The fourth-order valence-corrected chi connectivity index (χ4v) is 1.13. The standard InChI is InChI=1S/C6H5BrFNO/c7-3-4-5(8)1-2-9-6(4)10/h1-2H,3H2,(H,9,10). The molecule has 0 unspecified atom stereocenters. The minimum atomic E-state index is -0.472. The largest absolute Gasteiger partial charge is 0.329 e. The molecule has 4 heteroatoms. The van der Waals surface area contributed by atoms with Crippen molar-refractivity contribution in [1.29, 1.82) is 0 Å². The lowest BCUT2D eigenvalue weighted by atomic mass is 10.3. The molecule has 1 heterocycles. The van der Waals surface area contributed by atoms with Gasteiger partial charge in [-0.1, -0.05) is 15.9 Å². The quantitative estimate of drug-likeness (QED) is 0.692. The van der Waals surface area contributed by atoms with Gasteiger partial charge >= 0.3 is 0 Å². The van der Waals surface area contributed by atoms with E-state index in [1.165, 1.54) is 12.3 Å². The van der Waals surface area contributed by atoms with Crippen LogP contribution in [-0.4, -0.2) is 4.98 Å². The first-order valence-corrected chi connectivity index (χ1v) is 3.80. The molecule has 0 aromatic carbocycles. The number of hydrogen-bond acceptors (Lipinski definition) is 1. The average molecular weight is 206 g/mol. The number of aromatic nitrogens is 1. The van der Waals surface area contributed by atoms with Crippen molar-refractivity contribution < 1.29 is 4.39 Å². The maximum atomic E-state index is 12.6. The second-order valence-corrected chi connectivity index (χ2v) is 2.33. The van der Waals surface area contributed by atoms with Crippen LogP contribution in [0.25, 0.3) is 0 Å². The summed E-state index contributed by atoms with van der Waals surface area (Å²) < 4.78 is 12.6. The van der Waals surface area contributed by atoms with Crippen LogP contribution in [0.3, 0.4) is 0 Å². The van der Waals surface area contributed by atoms with Crippen LogP contribution in [0, 0.1) is 5.82 Å². The van der Waals surface area contributed by atoms with E-state index in [0.717, 1.165) is 0 Å². The van der Waals surface area contributed by atoms with Gasteiger partial charge in [-0.25, -0.2) is 4.39 Å². The summed E-state index contributed by atoms with van der Waals surface area (Å²) in [6.45, 7) is 0. The van der Waals surface area contributed by atoms with Gasteiger partial charge in [0.15, 0.2) is 0 Å². The summed E-state index contributed by atoms with van der Waals surface area (Å²) in [5.74, 6) is -0.472. The smallest absolute Gasteiger partial charge is 0.254 e. The molecule has 0 saturated heterocycles. The molecular formula is C6H5BrFNO. The Balaban J connectivity index is 3.31. The molecule has 0 atom stereocenters. The molecule has 10 heavy (non-hydrogen) atoms. The van der Waals surface area contributed by atoms with Crippen LogP contribution >= 0.6 is 15.9 Å². The fraction of sp³-hybridized carbons (Fsp3) is 0.167. The monoisotopic (exact) mass is 205 g/mol. The van der Waals surface area contributed by atoms with Crippen LogP contribution in [0.2, 0.25) is 0 Å². The molecule has 1 aromatic rings. The Hall–Kier alpha value is -0.640. The summed E-state index contributed by atoms with van der Waals surface area (Å²) in [7, 11) is 0. The normalized spacial score (nSPS) is 9.80. The molecule has 2 nitrogen and oxygen atoms in total. The van der Waals surface area contributed by atoms with Gasteiger partial charge in [0, 0.05) is 11.5 Å². The predicted octanol–water partition coefficient (Wildman–Crippen LogP) is 1.41. The fourth-order valence-electron chi connectivity index (χ4n) is 0.611. The van der Waals surface area contributed by atoms with Crippen molar-refractivity contribution in [1.82, 2.24) is 4.98 Å². The number of H-pyrrole nitrogens is 1. The van der Waals surface area contributed by atoms with Gasteiger partial charge in [0.2, 0.25) is 0 Å². The van der Waals surface area contributed by atoms with Crippen LogP contribution in [0.1, 0.15) is 5.56 Å². The molecule has 0 amide bonds. The van der Waals surface area contributed by atoms with Gasteiger partial charge < -0.3 is 4.98 Å². The van der Waals surface area contributed by atoms with Gasteiger partial charge in [0.25, 0.3) is 5.56 Å². The van der Waals surface area contributed by atoms with Crippen LogP contribution in [0.5, 0.6) is 0 Å². The van der Waals surface area contributed by atoms with E-state index in [1.807, 2.05) is 0 Å². The van der Waals surface area contributed by atoms with Crippen molar-refractivity contribution in [2.75, 3.05) is 0 Å². The highest BCUT2D eigenvalue weighted by molar-refractivity contribution is 9.08. The van der Waals surface area contributed by atoms with E-state index in [2.05, 4.69) is 20.9 Å². The van der Waals surface area contributed by atoms with E-state index in [9.17, 15) is 9.18 Å². The third-order valence-corrected chi connectivity index (χ3v) is 1.70. The zero-order chi connectivity index (χ0) is 7.56. The van der Waals surface area contributed by atoms with Crippen molar-refractivity contribution in [3.8, 4) is 0 Å². The minimum absolute atomic E-state index is 0.141. The van der Waals surface area contributed by atoms with E-state index in [4.69, 9.17) is 0 Å². The number of hydrogen-bond donors (Lipinski definition) is 1. The highest BCUT2D eigenvalue weighted by Gasteiger charge is 2.02. The van der Waals surface area contributed by atoms with Gasteiger partial charge in [-0.3, -0.25) is 4.79 Å². The first kappa shape index (κ1) is 7.47. The van der Waals surface area contributed by atoms with E-state index < -0.39 is 5.82 Å². The molecule has 0 fully saturated rings. The van der Waals surface area contributed by atoms with Gasteiger partial charge in [-0.05, 0) is 6.07 Å². The summed E-state index contributed by atoms with van der Waals surface area (Å²) in [6.07, 6.45) is 1.28. The predicted molar refractivity (Wildman–Crippen MR) is 39.7 cm³/mol. The van der Waals surface area contributed by atoms with E-state index >= 15 is 0 Å². The van der Waals surface area contributed by atoms with E-state index in [0.29, 0.717) is 0 Å². The molecule has 1 rings (SSSR count). The van der Waals surface area contributed by atoms with Crippen molar-refractivity contribution in [3.05, 3.63) is 34.0 Å².